The Morgan fingerprint density at radius 3 is 1.97 bits per heavy atom. The first-order chi connectivity index (χ1) is 31.8. The van der Waals surface area contributed by atoms with E-state index in [9.17, 15) is 0 Å². The van der Waals surface area contributed by atoms with Crippen LogP contribution in [-0.4, -0.2) is 15.4 Å². The van der Waals surface area contributed by atoms with Crippen molar-refractivity contribution in [3.8, 4) is 11.1 Å². The fourth-order valence-electron chi connectivity index (χ4n) is 9.05. The van der Waals surface area contributed by atoms with E-state index in [1.54, 1.807) is 6.08 Å². The smallest absolute Gasteiger partial charge is 0.146 e. The van der Waals surface area contributed by atoms with E-state index in [1.807, 2.05) is 61.7 Å². The van der Waals surface area contributed by atoms with Crippen LogP contribution in [0.3, 0.4) is 0 Å². The maximum absolute atomic E-state index is 7.20. The SMILES string of the molecule is C=C/C=C1/C=C\C=C/N(c2c(N)c3ccccc3c3ccccc23)C(c2cccc(-c3cccc(C(=C)n4c(/C(C=C)=C(\C)C=C)nc5c(=C/C)/c(=C\C=C)c6ccccc6c54)c3)c2)=N1. The molecule has 0 saturated carbocycles. The number of aliphatic imine (C=N–C) groups is 1. The summed E-state index contributed by atoms with van der Waals surface area (Å²) < 4.78 is 2.19. The molecule has 1 aliphatic heterocycles. The molecule has 0 atom stereocenters. The molecule has 0 bridgehead atoms. The molecule has 314 valence electrons. The molecular formula is C60H49N5. The van der Waals surface area contributed by atoms with Gasteiger partial charge in [-0.1, -0.05) is 185 Å². The zero-order valence-electron chi connectivity index (χ0n) is 36.8. The van der Waals surface area contributed by atoms with Crippen molar-refractivity contribution in [1.29, 1.82) is 0 Å². The van der Waals surface area contributed by atoms with Gasteiger partial charge < -0.3 is 5.73 Å². The molecule has 0 fully saturated rings. The molecule has 5 heteroatoms. The molecule has 8 aromatic rings. The molecule has 0 aliphatic carbocycles. The Balaban J connectivity index is 1.23. The van der Waals surface area contributed by atoms with Gasteiger partial charge in [0, 0.05) is 44.4 Å². The van der Waals surface area contributed by atoms with E-state index in [0.717, 1.165) is 110 Å². The number of rotatable bonds is 10. The van der Waals surface area contributed by atoms with Gasteiger partial charge >= 0.3 is 0 Å². The van der Waals surface area contributed by atoms with Crippen molar-refractivity contribution in [2.75, 3.05) is 10.6 Å². The Labute approximate surface area is 380 Å². The topological polar surface area (TPSA) is 59.4 Å². The third-order valence-corrected chi connectivity index (χ3v) is 12.1. The summed E-state index contributed by atoms with van der Waals surface area (Å²) in [6.45, 7) is 25.3. The molecule has 7 aromatic carbocycles. The van der Waals surface area contributed by atoms with Gasteiger partial charge in [-0.05, 0) is 87.8 Å². The summed E-state index contributed by atoms with van der Waals surface area (Å²) in [4.78, 5) is 12.8. The normalized spacial score (nSPS) is 15.4. The van der Waals surface area contributed by atoms with Gasteiger partial charge in [0.1, 0.15) is 11.7 Å². The number of nitrogens with two attached hydrogens (primary N) is 1. The standard InChI is InChI=1S/C60H49N5/c1-8-23-45-29-19-20-36-64(57-53-34-17-14-32-51(53)49-30-13-16-33-52(49)55(57)61)59(62-45)44-28-22-27-43(38-44)42-26-21-25-41(37-42)40(7)65-58-54-35-18-15-31-50(54)48(24-9-2)47(12-5)56(58)63-60(65)46(11-4)39(6)10-3/h8-38H,1-4,7,61H2,5-6H3/b29-19-,36-20-,45-23-,46-39+,47-12+,48-24+,62-59?. The highest BCUT2D eigenvalue weighted by Gasteiger charge is 2.24. The second-order valence-electron chi connectivity index (χ2n) is 15.8. The van der Waals surface area contributed by atoms with E-state index < -0.39 is 0 Å². The van der Waals surface area contributed by atoms with Gasteiger partial charge in [-0.25, -0.2) is 9.98 Å². The highest BCUT2D eigenvalue weighted by molar-refractivity contribution is 6.25. The summed E-state index contributed by atoms with van der Waals surface area (Å²) in [5.41, 5.74) is 17.8. The molecule has 0 radical (unpaired) electrons. The Hall–Kier alpha value is -8.54. The maximum atomic E-state index is 7.20. The minimum absolute atomic E-state index is 0.675. The number of nitrogen functional groups attached to an aromatic ring is 1. The second kappa shape index (κ2) is 17.7. The van der Waals surface area contributed by atoms with Crippen molar-refractivity contribution >= 4 is 84.0 Å². The van der Waals surface area contributed by atoms with Crippen LogP contribution in [0.5, 0.6) is 0 Å². The van der Waals surface area contributed by atoms with Crippen LogP contribution < -0.4 is 21.1 Å². The second-order valence-corrected chi connectivity index (χ2v) is 15.8. The van der Waals surface area contributed by atoms with E-state index in [1.165, 1.54) is 0 Å². The molecule has 1 aromatic heterocycles. The number of benzene rings is 7. The number of nitrogens with zero attached hydrogens (tertiary/aromatic N) is 4. The average Bonchev–Trinajstić information content (AvgIpc) is 3.73. The van der Waals surface area contributed by atoms with Gasteiger partial charge in [-0.3, -0.25) is 9.47 Å². The Morgan fingerprint density at radius 2 is 1.28 bits per heavy atom. The molecule has 0 amide bonds. The first kappa shape index (κ1) is 41.8. The van der Waals surface area contributed by atoms with Crippen LogP contribution in [0, 0.1) is 0 Å². The summed E-state index contributed by atoms with van der Waals surface area (Å²) in [6.07, 6.45) is 21.4. The number of anilines is 2. The summed E-state index contributed by atoms with van der Waals surface area (Å²) in [5, 5.41) is 8.48. The number of hydrogen-bond acceptors (Lipinski definition) is 4. The minimum Gasteiger partial charge on any atom is -0.397 e. The van der Waals surface area contributed by atoms with E-state index in [2.05, 4.69) is 170 Å². The van der Waals surface area contributed by atoms with Crippen LogP contribution in [0.2, 0.25) is 0 Å². The molecule has 2 heterocycles. The fourth-order valence-corrected chi connectivity index (χ4v) is 9.05. The Bertz CT molecular complexity index is 3620. The van der Waals surface area contributed by atoms with E-state index >= 15 is 0 Å². The maximum Gasteiger partial charge on any atom is 0.146 e. The van der Waals surface area contributed by atoms with Crippen LogP contribution in [-0.2, 0) is 0 Å². The first-order valence-corrected chi connectivity index (χ1v) is 21.6. The van der Waals surface area contributed by atoms with E-state index in [0.29, 0.717) is 11.5 Å². The van der Waals surface area contributed by atoms with Crippen LogP contribution in [0.25, 0.3) is 77.9 Å². The molecule has 65 heavy (non-hydrogen) atoms. The predicted molar refractivity (Wildman–Crippen MR) is 282 cm³/mol. The molecule has 9 rings (SSSR count). The van der Waals surface area contributed by atoms with Crippen molar-refractivity contribution in [2.45, 2.75) is 13.8 Å². The molecule has 5 nitrogen and oxygen atoms in total. The lowest BCUT2D eigenvalue weighted by atomic mass is 9.96. The molecule has 2 N–H and O–H groups in total. The summed E-state index contributed by atoms with van der Waals surface area (Å²) >= 11 is 0. The fraction of sp³-hybridized carbons (Fsp3) is 0.0333. The number of fused-ring (bicyclic) bond motifs is 6. The zero-order chi connectivity index (χ0) is 45.2. The highest BCUT2D eigenvalue weighted by atomic mass is 15.2. The zero-order valence-corrected chi connectivity index (χ0v) is 36.8. The lowest BCUT2D eigenvalue weighted by Crippen LogP contribution is -2.28. The van der Waals surface area contributed by atoms with Gasteiger partial charge in [-0.15, -0.1) is 0 Å². The molecule has 0 saturated heterocycles. The number of amidine groups is 1. The van der Waals surface area contributed by atoms with Gasteiger partial charge in [0.05, 0.1) is 28.1 Å². The molecular weight excluding hydrogens is 791 g/mol. The van der Waals surface area contributed by atoms with Crippen molar-refractivity contribution in [1.82, 2.24) is 9.55 Å². The molecule has 1 aliphatic rings. The molecule has 0 unspecified atom stereocenters. The number of hydrogen-bond donors (Lipinski definition) is 1. The monoisotopic (exact) mass is 839 g/mol. The van der Waals surface area contributed by atoms with Crippen molar-refractivity contribution in [3.63, 3.8) is 0 Å². The van der Waals surface area contributed by atoms with Gasteiger partial charge in [0.25, 0.3) is 0 Å². The largest absolute Gasteiger partial charge is 0.397 e. The highest BCUT2D eigenvalue weighted by Crippen LogP contribution is 2.42. The number of allylic oxidation sites excluding steroid dienone is 10. The first-order valence-electron chi connectivity index (χ1n) is 21.6. The Kier molecular flexibility index (Phi) is 11.4. The van der Waals surface area contributed by atoms with Crippen molar-refractivity contribution < 1.29 is 0 Å². The van der Waals surface area contributed by atoms with Crippen molar-refractivity contribution in [3.05, 3.63) is 248 Å². The third-order valence-electron chi connectivity index (χ3n) is 12.1. The van der Waals surface area contributed by atoms with Gasteiger partial charge in [0.15, 0.2) is 0 Å². The van der Waals surface area contributed by atoms with Gasteiger partial charge in [0.2, 0.25) is 0 Å². The lowest BCUT2D eigenvalue weighted by Gasteiger charge is -2.28. The van der Waals surface area contributed by atoms with E-state index in [4.69, 9.17) is 22.3 Å². The predicted octanol–water partition coefficient (Wildman–Crippen LogP) is 13.6. The average molecular weight is 840 g/mol. The van der Waals surface area contributed by atoms with Crippen LogP contribution >= 0.6 is 0 Å². The van der Waals surface area contributed by atoms with Crippen LogP contribution in [0.4, 0.5) is 11.4 Å². The van der Waals surface area contributed by atoms with Crippen LogP contribution in [0.1, 0.15) is 30.8 Å². The van der Waals surface area contributed by atoms with Crippen molar-refractivity contribution in [2.24, 2.45) is 4.99 Å². The number of imidazole rings is 1. The summed E-state index contributed by atoms with van der Waals surface area (Å²) in [5.74, 6) is 1.45. The lowest BCUT2D eigenvalue weighted by molar-refractivity contribution is 1.09. The Morgan fingerprint density at radius 1 is 0.646 bits per heavy atom. The van der Waals surface area contributed by atoms with E-state index in [-0.39, 0.29) is 0 Å². The number of aromatic nitrogens is 2. The summed E-state index contributed by atoms with van der Waals surface area (Å²) in [7, 11) is 0. The summed E-state index contributed by atoms with van der Waals surface area (Å²) in [6, 6.07) is 42.2. The van der Waals surface area contributed by atoms with Gasteiger partial charge in [-0.2, -0.15) is 0 Å². The molecule has 0 spiro atoms. The van der Waals surface area contributed by atoms with Crippen LogP contribution in [0.15, 0.2) is 225 Å². The minimum atomic E-state index is 0.675. The third kappa shape index (κ3) is 7.29. The quantitative estimate of drug-likeness (QED) is 0.0848.